The number of rotatable bonds is 6. The lowest BCUT2D eigenvalue weighted by molar-refractivity contribution is -0.143. The number of benzene rings is 1. The molecule has 1 aromatic heterocycles. The predicted octanol–water partition coefficient (Wildman–Crippen LogP) is 3.55. The van der Waals surface area contributed by atoms with Gasteiger partial charge in [-0.25, -0.2) is 9.78 Å². The molecule has 1 fully saturated rings. The van der Waals surface area contributed by atoms with Crippen LogP contribution in [0.1, 0.15) is 37.1 Å². The van der Waals surface area contributed by atoms with E-state index < -0.39 is 5.97 Å². The monoisotopic (exact) mass is 358 g/mol. The first-order chi connectivity index (χ1) is 12.2. The molecule has 132 valence electrons. The summed E-state index contributed by atoms with van der Waals surface area (Å²) in [7, 11) is 0. The molecule has 0 radical (unpaired) electrons. The fourth-order valence-electron chi connectivity index (χ4n) is 2.99. The Bertz CT molecular complexity index is 730. The normalized spacial score (nSPS) is 15.5. The van der Waals surface area contributed by atoms with Gasteiger partial charge in [0.15, 0.2) is 6.61 Å². The average molecular weight is 358 g/mol. The van der Waals surface area contributed by atoms with Crippen molar-refractivity contribution in [1.29, 1.82) is 0 Å². The van der Waals surface area contributed by atoms with E-state index in [1.165, 1.54) is 49.5 Å². The molecule has 0 saturated heterocycles. The number of nitrogens with one attached hydrogen (secondary N) is 1. The van der Waals surface area contributed by atoms with Gasteiger partial charge in [0.25, 0.3) is 5.91 Å². The predicted molar refractivity (Wildman–Crippen MR) is 99.2 cm³/mol. The summed E-state index contributed by atoms with van der Waals surface area (Å²) in [6, 6.07) is 7.79. The molecular weight excluding hydrogens is 336 g/mol. The molecule has 5 nitrogen and oxygen atoms in total. The molecular formula is C19H22N2O3S. The lowest BCUT2D eigenvalue weighted by Crippen LogP contribution is -2.33. The number of aromatic nitrogens is 1. The van der Waals surface area contributed by atoms with Crippen molar-refractivity contribution in [3.8, 4) is 0 Å². The molecule has 3 rings (SSSR count). The van der Waals surface area contributed by atoms with Crippen LogP contribution >= 0.6 is 11.3 Å². The van der Waals surface area contributed by atoms with Crippen LogP contribution in [-0.4, -0.2) is 30.0 Å². The lowest BCUT2D eigenvalue weighted by Gasteiger charge is -2.21. The van der Waals surface area contributed by atoms with Gasteiger partial charge in [0.2, 0.25) is 0 Å². The van der Waals surface area contributed by atoms with E-state index in [1.54, 1.807) is 6.08 Å². The maximum Gasteiger partial charge on any atom is 0.331 e. The molecule has 1 heterocycles. The number of carbonyl (C=O) groups excluding carboxylic acids is 2. The van der Waals surface area contributed by atoms with E-state index in [1.807, 2.05) is 24.3 Å². The van der Waals surface area contributed by atoms with Crippen LogP contribution in [0.2, 0.25) is 0 Å². The summed E-state index contributed by atoms with van der Waals surface area (Å²) in [6.45, 7) is 0.438. The largest absolute Gasteiger partial charge is 0.452 e. The highest BCUT2D eigenvalue weighted by Crippen LogP contribution is 2.23. The fraction of sp³-hybridized carbons (Fsp3) is 0.421. The Labute approximate surface area is 151 Å². The number of amides is 1. The van der Waals surface area contributed by atoms with Crippen molar-refractivity contribution in [3.63, 3.8) is 0 Å². The van der Waals surface area contributed by atoms with Crippen molar-refractivity contribution in [3.05, 3.63) is 35.3 Å². The second-order valence-corrected chi connectivity index (χ2v) is 7.33. The third-order valence-corrected chi connectivity index (χ3v) is 5.33. The van der Waals surface area contributed by atoms with Crippen molar-refractivity contribution in [2.75, 3.05) is 13.2 Å². The van der Waals surface area contributed by atoms with Crippen LogP contribution < -0.4 is 5.32 Å². The molecule has 0 unspecified atom stereocenters. The van der Waals surface area contributed by atoms with Gasteiger partial charge >= 0.3 is 5.97 Å². The van der Waals surface area contributed by atoms with Crippen molar-refractivity contribution in [1.82, 2.24) is 10.3 Å². The quantitative estimate of drug-likeness (QED) is 0.633. The van der Waals surface area contributed by atoms with Gasteiger partial charge < -0.3 is 10.1 Å². The summed E-state index contributed by atoms with van der Waals surface area (Å²) < 4.78 is 6.05. The van der Waals surface area contributed by atoms with Crippen LogP contribution in [0.5, 0.6) is 0 Å². The minimum absolute atomic E-state index is 0.240. The molecule has 1 aromatic carbocycles. The van der Waals surface area contributed by atoms with Crippen molar-refractivity contribution >= 4 is 39.5 Å². The summed E-state index contributed by atoms with van der Waals surface area (Å²) >= 11 is 1.50. The number of fused-ring (bicyclic) bond motifs is 1. The van der Waals surface area contributed by atoms with Crippen LogP contribution in [0.4, 0.5) is 0 Å². The molecule has 1 aliphatic carbocycles. The van der Waals surface area contributed by atoms with Gasteiger partial charge in [-0.05, 0) is 37.0 Å². The lowest BCUT2D eigenvalue weighted by atomic mass is 9.89. The molecule has 1 N–H and O–H groups in total. The maximum atomic E-state index is 11.8. The zero-order chi connectivity index (χ0) is 17.5. The van der Waals surface area contributed by atoms with Gasteiger partial charge in [-0.2, -0.15) is 0 Å². The van der Waals surface area contributed by atoms with E-state index in [4.69, 9.17) is 4.74 Å². The first-order valence-corrected chi connectivity index (χ1v) is 9.49. The average Bonchev–Trinajstić information content (AvgIpc) is 3.07. The number of carbonyl (C=O) groups is 2. The molecule has 2 aromatic rings. The first-order valence-electron chi connectivity index (χ1n) is 8.68. The Morgan fingerprint density at radius 3 is 2.84 bits per heavy atom. The van der Waals surface area contributed by atoms with E-state index in [0.717, 1.165) is 15.2 Å². The van der Waals surface area contributed by atoms with Crippen LogP contribution in [0, 0.1) is 5.92 Å². The highest BCUT2D eigenvalue weighted by molar-refractivity contribution is 7.19. The number of para-hydroxylation sites is 1. The molecule has 1 aliphatic rings. The molecule has 25 heavy (non-hydrogen) atoms. The van der Waals surface area contributed by atoms with E-state index in [0.29, 0.717) is 12.5 Å². The van der Waals surface area contributed by atoms with E-state index in [9.17, 15) is 9.59 Å². The van der Waals surface area contributed by atoms with Crippen LogP contribution in [0.15, 0.2) is 30.3 Å². The van der Waals surface area contributed by atoms with E-state index in [2.05, 4.69) is 10.3 Å². The standard InChI is InChI=1S/C19H22N2O3S/c22-17(20-12-14-6-2-1-3-7-14)13-24-19(23)11-10-18-21-15-8-4-5-9-16(15)25-18/h4-5,8-11,14H,1-3,6-7,12-13H2,(H,20,22)/b11-10+. The highest BCUT2D eigenvalue weighted by atomic mass is 32.1. The number of nitrogens with zero attached hydrogens (tertiary/aromatic N) is 1. The van der Waals surface area contributed by atoms with Gasteiger partial charge in [-0.1, -0.05) is 31.4 Å². The maximum absolute atomic E-state index is 11.8. The molecule has 6 heteroatoms. The van der Waals surface area contributed by atoms with Gasteiger partial charge in [0.1, 0.15) is 5.01 Å². The highest BCUT2D eigenvalue weighted by Gasteiger charge is 2.14. The van der Waals surface area contributed by atoms with Crippen LogP contribution in [-0.2, 0) is 14.3 Å². The molecule has 0 bridgehead atoms. The number of thiazole rings is 1. The molecule has 1 saturated carbocycles. The first kappa shape index (κ1) is 17.6. The minimum atomic E-state index is -0.535. The van der Waals surface area contributed by atoms with Crippen LogP contribution in [0.3, 0.4) is 0 Å². The summed E-state index contributed by atoms with van der Waals surface area (Å²) in [5.74, 6) is -0.216. The topological polar surface area (TPSA) is 68.3 Å². The zero-order valence-electron chi connectivity index (χ0n) is 14.1. The fourth-order valence-corrected chi connectivity index (χ4v) is 3.86. The summed E-state index contributed by atoms with van der Waals surface area (Å²) in [5, 5.41) is 3.58. The molecule has 1 amide bonds. The number of esters is 1. The van der Waals surface area contributed by atoms with Gasteiger partial charge in [0.05, 0.1) is 10.2 Å². The van der Waals surface area contributed by atoms with Gasteiger partial charge in [-0.15, -0.1) is 11.3 Å². The third kappa shape index (κ3) is 5.39. The molecule has 0 spiro atoms. The molecule has 0 atom stereocenters. The summed E-state index contributed by atoms with van der Waals surface area (Å²) in [5.41, 5.74) is 0.905. The Balaban J connectivity index is 1.40. The second kappa shape index (κ2) is 8.76. The zero-order valence-corrected chi connectivity index (χ0v) is 14.9. The summed E-state index contributed by atoms with van der Waals surface area (Å²) in [4.78, 5) is 27.9. The smallest absolute Gasteiger partial charge is 0.331 e. The van der Waals surface area contributed by atoms with Crippen LogP contribution in [0.25, 0.3) is 16.3 Å². The Morgan fingerprint density at radius 2 is 2.04 bits per heavy atom. The Hall–Kier alpha value is -2.21. The van der Waals surface area contributed by atoms with E-state index >= 15 is 0 Å². The van der Waals surface area contributed by atoms with Crippen molar-refractivity contribution in [2.45, 2.75) is 32.1 Å². The van der Waals surface area contributed by atoms with E-state index in [-0.39, 0.29) is 12.5 Å². The number of hydrogen-bond acceptors (Lipinski definition) is 5. The van der Waals surface area contributed by atoms with Gasteiger partial charge in [-0.3, -0.25) is 4.79 Å². The number of hydrogen-bond donors (Lipinski definition) is 1. The number of ether oxygens (including phenoxy) is 1. The second-order valence-electron chi connectivity index (χ2n) is 6.27. The Morgan fingerprint density at radius 1 is 1.24 bits per heavy atom. The van der Waals surface area contributed by atoms with Gasteiger partial charge in [0, 0.05) is 12.6 Å². The van der Waals surface area contributed by atoms with Crippen molar-refractivity contribution < 1.29 is 14.3 Å². The SMILES string of the molecule is O=C(COC(=O)/C=C/c1nc2ccccc2s1)NCC1CCCCC1. The molecule has 0 aliphatic heterocycles. The Kier molecular flexibility index (Phi) is 6.17. The third-order valence-electron chi connectivity index (χ3n) is 4.33. The summed E-state index contributed by atoms with van der Waals surface area (Å²) in [6.07, 6.45) is 9.05. The minimum Gasteiger partial charge on any atom is -0.452 e. The van der Waals surface area contributed by atoms with Crippen molar-refractivity contribution in [2.24, 2.45) is 5.92 Å².